The lowest BCUT2D eigenvalue weighted by Gasteiger charge is -2.44. The molecule has 0 radical (unpaired) electrons. The zero-order chi connectivity index (χ0) is 29.6. The average Bonchev–Trinajstić information content (AvgIpc) is 3.00. The van der Waals surface area contributed by atoms with Crippen molar-refractivity contribution in [2.45, 2.75) is 70.4 Å². The summed E-state index contributed by atoms with van der Waals surface area (Å²) in [4.78, 5) is 34.1. The van der Waals surface area contributed by atoms with Gasteiger partial charge < -0.3 is 19.9 Å². The van der Waals surface area contributed by atoms with Crippen LogP contribution < -0.4 is 15.0 Å². The fourth-order valence-corrected chi connectivity index (χ4v) is 6.56. The van der Waals surface area contributed by atoms with E-state index in [-0.39, 0.29) is 23.1 Å². The highest BCUT2D eigenvalue weighted by molar-refractivity contribution is 5.80. The highest BCUT2D eigenvalue weighted by atomic mass is 19.4. The van der Waals surface area contributed by atoms with Crippen molar-refractivity contribution in [3.8, 4) is 5.75 Å². The molecule has 1 atom stereocenters. The number of benzene rings is 1. The van der Waals surface area contributed by atoms with Gasteiger partial charge in [-0.15, -0.1) is 0 Å². The molecule has 10 heteroatoms. The number of likely N-dealkylation sites (tertiary alicyclic amines) is 1. The van der Waals surface area contributed by atoms with Crippen LogP contribution in [0.3, 0.4) is 0 Å². The maximum Gasteiger partial charge on any atom is 0.417 e. The summed E-state index contributed by atoms with van der Waals surface area (Å²) in [6, 6.07) is 10.6. The lowest BCUT2D eigenvalue weighted by molar-refractivity contribution is -0.139. The van der Waals surface area contributed by atoms with Crippen LogP contribution in [0.25, 0.3) is 0 Å². The van der Waals surface area contributed by atoms with Crippen LogP contribution in [0.5, 0.6) is 5.75 Å². The summed E-state index contributed by atoms with van der Waals surface area (Å²) >= 11 is 0. The van der Waals surface area contributed by atoms with E-state index in [9.17, 15) is 22.8 Å². The Kier molecular flexibility index (Phi) is 9.58. The van der Waals surface area contributed by atoms with Crippen molar-refractivity contribution >= 4 is 17.6 Å². The molecule has 1 unspecified atom stereocenters. The van der Waals surface area contributed by atoms with Crippen molar-refractivity contribution in [3.05, 3.63) is 53.7 Å². The number of anilines is 1. The van der Waals surface area contributed by atoms with Gasteiger partial charge in [0.25, 0.3) is 0 Å². The third-order valence-corrected chi connectivity index (χ3v) is 9.15. The Labute approximate surface area is 245 Å². The second-order valence-electron chi connectivity index (χ2n) is 12.1. The van der Waals surface area contributed by atoms with Crippen molar-refractivity contribution in [1.29, 1.82) is 0 Å². The molecule has 2 amide bonds. The van der Waals surface area contributed by atoms with E-state index in [0.29, 0.717) is 58.0 Å². The minimum Gasteiger partial charge on any atom is -0.493 e. The van der Waals surface area contributed by atoms with Crippen molar-refractivity contribution < 1.29 is 27.5 Å². The van der Waals surface area contributed by atoms with Crippen molar-refractivity contribution in [2.75, 3.05) is 44.2 Å². The number of nitrogens with zero attached hydrogens (tertiary/aromatic N) is 3. The lowest BCUT2D eigenvalue weighted by Crippen LogP contribution is -2.51. The van der Waals surface area contributed by atoms with E-state index in [2.05, 4.69) is 16.4 Å². The molecule has 1 aromatic carbocycles. The number of aryl methyl sites for hydroxylation is 1. The van der Waals surface area contributed by atoms with Crippen molar-refractivity contribution in [3.63, 3.8) is 0 Å². The molecule has 228 valence electrons. The number of rotatable bonds is 2. The maximum atomic E-state index is 13.6. The lowest BCUT2D eigenvalue weighted by atomic mass is 9.74. The standard InChI is InChI=1S/C32H41F3N4O3/c33-32(34,35)26-12-13-28(36-21-26)39-17-5-9-25(22-39)30(41)38-18-15-31(16-19-38)14-4-3-8-24-7-1-2-10-27(24)42-20-6-11-29(40)37-23-31/h1-2,7,10,12-13,21,25H,3-6,8-9,11,14-20,22-23H2,(H,37,40). The first-order chi connectivity index (χ1) is 20.2. The largest absolute Gasteiger partial charge is 0.493 e. The van der Waals surface area contributed by atoms with Gasteiger partial charge in [-0.25, -0.2) is 4.98 Å². The maximum absolute atomic E-state index is 13.6. The molecule has 0 bridgehead atoms. The first-order valence-corrected chi connectivity index (χ1v) is 15.3. The first-order valence-electron chi connectivity index (χ1n) is 15.3. The predicted octanol–water partition coefficient (Wildman–Crippen LogP) is 5.63. The Balaban J connectivity index is 1.18. The average molecular weight is 587 g/mol. The molecule has 0 aliphatic carbocycles. The number of ether oxygens (including phenoxy) is 1. The molecular weight excluding hydrogens is 545 g/mol. The van der Waals surface area contributed by atoms with Crippen LogP contribution in [-0.2, 0) is 22.2 Å². The fourth-order valence-electron chi connectivity index (χ4n) is 6.56. The normalized spacial score (nSPS) is 22.5. The van der Waals surface area contributed by atoms with E-state index >= 15 is 0 Å². The van der Waals surface area contributed by atoms with Crippen LogP contribution in [0.2, 0.25) is 0 Å². The molecule has 0 saturated carbocycles. The Morgan fingerprint density at radius 3 is 2.55 bits per heavy atom. The van der Waals surface area contributed by atoms with Gasteiger partial charge in [0.2, 0.25) is 11.8 Å². The molecule has 3 aliphatic heterocycles. The molecule has 2 fully saturated rings. The summed E-state index contributed by atoms with van der Waals surface area (Å²) in [6.07, 6.45) is 4.79. The van der Waals surface area contributed by atoms with Crippen LogP contribution in [0, 0.1) is 11.3 Å². The number of carbonyl (C=O) groups excluding carboxylic acids is 2. The number of carbonyl (C=O) groups is 2. The van der Waals surface area contributed by atoms with Gasteiger partial charge in [0.1, 0.15) is 11.6 Å². The summed E-state index contributed by atoms with van der Waals surface area (Å²) in [6.45, 7) is 3.57. The molecule has 1 N–H and O–H groups in total. The summed E-state index contributed by atoms with van der Waals surface area (Å²) < 4.78 is 44.8. The summed E-state index contributed by atoms with van der Waals surface area (Å²) in [5.74, 6) is 1.33. The topological polar surface area (TPSA) is 74.8 Å². The van der Waals surface area contributed by atoms with E-state index < -0.39 is 11.7 Å². The van der Waals surface area contributed by atoms with Crippen molar-refractivity contribution in [1.82, 2.24) is 15.2 Å². The quantitative estimate of drug-likeness (QED) is 0.494. The first kappa shape index (κ1) is 30.2. The third kappa shape index (κ3) is 7.55. The van der Waals surface area contributed by atoms with Crippen LogP contribution in [0.15, 0.2) is 42.6 Å². The molecule has 7 nitrogen and oxygen atoms in total. The second-order valence-corrected chi connectivity index (χ2v) is 12.1. The molecule has 2 aromatic rings. The predicted molar refractivity (Wildman–Crippen MR) is 154 cm³/mol. The van der Waals surface area contributed by atoms with Crippen molar-refractivity contribution in [2.24, 2.45) is 11.3 Å². The van der Waals surface area contributed by atoms with Gasteiger partial charge >= 0.3 is 6.18 Å². The smallest absolute Gasteiger partial charge is 0.417 e. The van der Waals surface area contributed by atoms with E-state index in [0.717, 1.165) is 69.4 Å². The van der Waals surface area contributed by atoms with Gasteiger partial charge in [-0.05, 0) is 80.5 Å². The number of halogens is 3. The molecule has 42 heavy (non-hydrogen) atoms. The zero-order valence-corrected chi connectivity index (χ0v) is 24.1. The van der Waals surface area contributed by atoms with Gasteiger partial charge in [0.15, 0.2) is 0 Å². The Morgan fingerprint density at radius 1 is 0.976 bits per heavy atom. The van der Waals surface area contributed by atoms with E-state index in [1.54, 1.807) is 0 Å². The number of para-hydroxylation sites is 1. The Hall–Kier alpha value is -3.30. The monoisotopic (exact) mass is 586 g/mol. The van der Waals surface area contributed by atoms with Gasteiger partial charge in [0, 0.05) is 45.3 Å². The van der Waals surface area contributed by atoms with Crippen LogP contribution >= 0.6 is 0 Å². The van der Waals surface area contributed by atoms with Crippen LogP contribution in [0.1, 0.15) is 68.9 Å². The van der Waals surface area contributed by atoms with Gasteiger partial charge in [0.05, 0.1) is 18.1 Å². The number of amides is 2. The van der Waals surface area contributed by atoms with Gasteiger partial charge in [-0.2, -0.15) is 13.2 Å². The molecule has 1 aromatic heterocycles. The minimum atomic E-state index is -4.42. The van der Waals surface area contributed by atoms with E-state index in [4.69, 9.17) is 4.74 Å². The Bertz CT molecular complexity index is 1210. The van der Waals surface area contributed by atoms with Crippen LogP contribution in [0.4, 0.5) is 19.0 Å². The summed E-state index contributed by atoms with van der Waals surface area (Å²) in [5, 5.41) is 3.18. The number of alkyl halides is 3. The number of piperidine rings is 2. The third-order valence-electron chi connectivity index (χ3n) is 9.15. The second kappa shape index (κ2) is 13.3. The molecular formula is C32H41F3N4O3. The van der Waals surface area contributed by atoms with Gasteiger partial charge in [-0.1, -0.05) is 24.6 Å². The minimum absolute atomic E-state index is 0.0324. The number of pyridine rings is 1. The number of hydrogen-bond donors (Lipinski definition) is 1. The molecule has 4 heterocycles. The number of aromatic nitrogens is 1. The van der Waals surface area contributed by atoms with Gasteiger partial charge in [-0.3, -0.25) is 9.59 Å². The molecule has 3 aliphatic rings. The van der Waals surface area contributed by atoms with E-state index in [1.165, 1.54) is 11.6 Å². The fraction of sp³-hybridized carbons (Fsp3) is 0.594. The van der Waals surface area contributed by atoms with Crippen LogP contribution in [-0.4, -0.2) is 61.0 Å². The molecule has 5 rings (SSSR count). The summed E-state index contributed by atoms with van der Waals surface area (Å²) in [7, 11) is 0. The molecule has 2 saturated heterocycles. The highest BCUT2D eigenvalue weighted by Gasteiger charge is 2.38. The SMILES string of the molecule is O=C1CCCOc2ccccc2CCCCC2(CCN(C(=O)C3CCCN(c4ccc(C(F)(F)F)cn4)C3)CC2)CN1. The highest BCUT2D eigenvalue weighted by Crippen LogP contribution is 2.38. The number of hydrogen-bond acceptors (Lipinski definition) is 5. The molecule has 1 spiro atoms. The zero-order valence-electron chi connectivity index (χ0n) is 24.1. The Morgan fingerprint density at radius 2 is 1.79 bits per heavy atom. The van der Waals surface area contributed by atoms with E-state index in [1.807, 2.05) is 28.0 Å². The number of fused-ring (bicyclic) bond motifs is 1. The summed E-state index contributed by atoms with van der Waals surface area (Å²) in [5.41, 5.74) is 0.405. The number of nitrogens with one attached hydrogen (secondary N) is 1.